The molecule has 0 radical (unpaired) electrons. The van der Waals surface area contributed by atoms with E-state index >= 15 is 0 Å². The number of rotatable bonds is 4. The average Bonchev–Trinajstić information content (AvgIpc) is 2.65. The molecule has 0 saturated carbocycles. The number of anilines is 1. The Morgan fingerprint density at radius 2 is 1.77 bits per heavy atom. The fourth-order valence-corrected chi connectivity index (χ4v) is 3.31. The second-order valence-corrected chi connectivity index (χ2v) is 6.90. The van der Waals surface area contributed by atoms with Gasteiger partial charge in [-0.1, -0.05) is 44.2 Å². The number of amides is 2. The summed E-state index contributed by atoms with van der Waals surface area (Å²) in [6.07, 6.45) is 1.82. The molecule has 0 unspecified atom stereocenters. The highest BCUT2D eigenvalue weighted by Gasteiger charge is 2.32. The van der Waals surface area contributed by atoms with E-state index in [0.29, 0.717) is 6.54 Å². The number of fused-ring (bicyclic) bond motifs is 1. The van der Waals surface area contributed by atoms with Crippen molar-refractivity contribution in [3.63, 3.8) is 0 Å². The van der Waals surface area contributed by atoms with Gasteiger partial charge in [-0.3, -0.25) is 9.59 Å². The molecule has 2 aromatic carbocycles. The second-order valence-electron chi connectivity index (χ2n) is 6.90. The maximum absolute atomic E-state index is 13.9. The van der Waals surface area contributed by atoms with Crippen molar-refractivity contribution in [2.24, 2.45) is 5.92 Å². The SMILES string of the molecule is CC(C)[C@@H](NC(=O)c1ccccc1F)C(=O)N1CCCc2ccccc21. The zero-order chi connectivity index (χ0) is 18.7. The molecule has 0 aliphatic carbocycles. The number of hydrogen-bond acceptors (Lipinski definition) is 2. The summed E-state index contributed by atoms with van der Waals surface area (Å²) in [7, 11) is 0. The topological polar surface area (TPSA) is 49.4 Å². The lowest BCUT2D eigenvalue weighted by Gasteiger charge is -2.34. The highest BCUT2D eigenvalue weighted by Crippen LogP contribution is 2.28. The van der Waals surface area contributed by atoms with Crippen LogP contribution >= 0.6 is 0 Å². The monoisotopic (exact) mass is 354 g/mol. The maximum atomic E-state index is 13.9. The highest BCUT2D eigenvalue weighted by molar-refractivity contribution is 6.03. The van der Waals surface area contributed by atoms with Gasteiger partial charge in [-0.05, 0) is 42.5 Å². The first-order valence-corrected chi connectivity index (χ1v) is 8.93. The fraction of sp³-hybridized carbons (Fsp3) is 0.333. The summed E-state index contributed by atoms with van der Waals surface area (Å²) in [6, 6.07) is 12.9. The third-order valence-corrected chi connectivity index (χ3v) is 4.71. The first-order valence-electron chi connectivity index (χ1n) is 8.93. The molecule has 0 bridgehead atoms. The largest absolute Gasteiger partial charge is 0.340 e. The van der Waals surface area contributed by atoms with E-state index in [2.05, 4.69) is 5.32 Å². The summed E-state index contributed by atoms with van der Waals surface area (Å²) in [5.41, 5.74) is 1.98. The first kappa shape index (κ1) is 18.1. The maximum Gasteiger partial charge on any atom is 0.254 e. The minimum atomic E-state index is -0.715. The van der Waals surface area contributed by atoms with Crippen molar-refractivity contribution in [1.29, 1.82) is 0 Å². The van der Waals surface area contributed by atoms with E-state index in [-0.39, 0.29) is 17.4 Å². The Morgan fingerprint density at radius 3 is 2.50 bits per heavy atom. The van der Waals surface area contributed by atoms with E-state index in [1.54, 1.807) is 11.0 Å². The normalized spacial score (nSPS) is 14.7. The van der Waals surface area contributed by atoms with E-state index < -0.39 is 17.8 Å². The Hall–Kier alpha value is -2.69. The Labute approximate surface area is 153 Å². The van der Waals surface area contributed by atoms with Gasteiger partial charge in [0.1, 0.15) is 11.9 Å². The minimum absolute atomic E-state index is 0.0509. The van der Waals surface area contributed by atoms with Gasteiger partial charge >= 0.3 is 0 Å². The van der Waals surface area contributed by atoms with Crippen LogP contribution in [-0.2, 0) is 11.2 Å². The van der Waals surface area contributed by atoms with E-state index in [1.807, 2.05) is 38.1 Å². The van der Waals surface area contributed by atoms with Gasteiger partial charge < -0.3 is 10.2 Å². The van der Waals surface area contributed by atoms with Crippen LogP contribution in [0, 0.1) is 11.7 Å². The molecule has 0 aromatic heterocycles. The molecule has 1 aliphatic heterocycles. The van der Waals surface area contributed by atoms with Gasteiger partial charge in [-0.2, -0.15) is 0 Å². The van der Waals surface area contributed by atoms with Gasteiger partial charge in [0.05, 0.1) is 5.56 Å². The van der Waals surface area contributed by atoms with Crippen LogP contribution in [0.1, 0.15) is 36.2 Å². The minimum Gasteiger partial charge on any atom is -0.340 e. The van der Waals surface area contributed by atoms with Gasteiger partial charge in [-0.25, -0.2) is 4.39 Å². The number of nitrogens with zero attached hydrogens (tertiary/aromatic N) is 1. The summed E-state index contributed by atoms with van der Waals surface area (Å²) in [5.74, 6) is -1.44. The van der Waals surface area contributed by atoms with Crippen molar-refractivity contribution in [3.8, 4) is 0 Å². The number of carbonyl (C=O) groups is 2. The van der Waals surface area contributed by atoms with E-state index in [9.17, 15) is 14.0 Å². The zero-order valence-corrected chi connectivity index (χ0v) is 15.0. The van der Waals surface area contributed by atoms with E-state index in [1.165, 1.54) is 18.2 Å². The number of carbonyl (C=O) groups excluding carboxylic acids is 2. The Morgan fingerprint density at radius 1 is 1.08 bits per heavy atom. The van der Waals surface area contributed by atoms with Crippen LogP contribution in [0.25, 0.3) is 0 Å². The molecule has 26 heavy (non-hydrogen) atoms. The number of nitrogens with one attached hydrogen (secondary N) is 1. The third kappa shape index (κ3) is 3.62. The van der Waals surface area contributed by atoms with Gasteiger partial charge in [-0.15, -0.1) is 0 Å². The average molecular weight is 354 g/mol. The molecule has 2 aromatic rings. The molecule has 5 heteroatoms. The predicted molar refractivity (Wildman–Crippen MR) is 99.6 cm³/mol. The summed E-state index contributed by atoms with van der Waals surface area (Å²) in [5, 5.41) is 2.73. The summed E-state index contributed by atoms with van der Waals surface area (Å²) in [6.45, 7) is 4.37. The quantitative estimate of drug-likeness (QED) is 0.913. The molecule has 136 valence electrons. The highest BCUT2D eigenvalue weighted by atomic mass is 19.1. The molecule has 0 fully saturated rings. The van der Waals surface area contributed by atoms with Crippen LogP contribution in [0.5, 0.6) is 0 Å². The second kappa shape index (κ2) is 7.68. The lowest BCUT2D eigenvalue weighted by Crippen LogP contribution is -2.52. The van der Waals surface area contributed by atoms with Crippen LogP contribution in [0.3, 0.4) is 0 Å². The Balaban J connectivity index is 1.84. The molecule has 1 aliphatic rings. The molecule has 1 N–H and O–H groups in total. The zero-order valence-electron chi connectivity index (χ0n) is 15.0. The van der Waals surface area contributed by atoms with Crippen molar-refractivity contribution >= 4 is 17.5 Å². The molecule has 4 nitrogen and oxygen atoms in total. The van der Waals surface area contributed by atoms with Crippen LogP contribution in [0.15, 0.2) is 48.5 Å². The van der Waals surface area contributed by atoms with Gasteiger partial charge in [0.15, 0.2) is 0 Å². The molecule has 1 atom stereocenters. The van der Waals surface area contributed by atoms with Gasteiger partial charge in [0, 0.05) is 12.2 Å². The lowest BCUT2D eigenvalue weighted by molar-refractivity contribution is -0.121. The number of aryl methyl sites for hydroxylation is 1. The summed E-state index contributed by atoms with van der Waals surface area (Å²) < 4.78 is 13.9. The number of benzene rings is 2. The van der Waals surface area contributed by atoms with Crippen molar-refractivity contribution in [3.05, 3.63) is 65.5 Å². The third-order valence-electron chi connectivity index (χ3n) is 4.71. The lowest BCUT2D eigenvalue weighted by atomic mass is 9.97. The molecule has 0 spiro atoms. The van der Waals surface area contributed by atoms with Crippen LogP contribution < -0.4 is 10.2 Å². The summed E-state index contributed by atoms with van der Waals surface area (Å²) >= 11 is 0. The van der Waals surface area contributed by atoms with Crippen LogP contribution in [0.4, 0.5) is 10.1 Å². The first-order chi connectivity index (χ1) is 12.5. The predicted octanol–water partition coefficient (Wildman–Crippen LogP) is 3.56. The molecule has 3 rings (SSSR count). The summed E-state index contributed by atoms with van der Waals surface area (Å²) in [4.78, 5) is 27.4. The van der Waals surface area contributed by atoms with Crippen LogP contribution in [-0.4, -0.2) is 24.4 Å². The Bertz CT molecular complexity index is 819. The van der Waals surface area contributed by atoms with Crippen LogP contribution in [0.2, 0.25) is 0 Å². The van der Waals surface area contributed by atoms with Crippen molar-refractivity contribution < 1.29 is 14.0 Å². The molecular formula is C21H23FN2O2. The number of para-hydroxylation sites is 1. The van der Waals surface area contributed by atoms with Crippen molar-refractivity contribution in [2.75, 3.05) is 11.4 Å². The molecular weight excluding hydrogens is 331 g/mol. The smallest absolute Gasteiger partial charge is 0.254 e. The van der Waals surface area contributed by atoms with Gasteiger partial charge in [0.2, 0.25) is 5.91 Å². The fourth-order valence-electron chi connectivity index (χ4n) is 3.31. The molecule has 0 saturated heterocycles. The van der Waals surface area contributed by atoms with E-state index in [0.717, 1.165) is 24.1 Å². The standard InChI is InChI=1S/C21H23FN2O2/c1-14(2)19(23-20(25)16-10-4-5-11-17(16)22)21(26)24-13-7-9-15-8-3-6-12-18(15)24/h3-6,8,10-12,14,19H,7,9,13H2,1-2H3,(H,23,25)/t19-/m1/s1. The number of halogens is 1. The molecule has 2 amide bonds. The Kier molecular flexibility index (Phi) is 5.35. The molecule has 1 heterocycles. The van der Waals surface area contributed by atoms with Gasteiger partial charge in [0.25, 0.3) is 5.91 Å². The number of hydrogen-bond donors (Lipinski definition) is 1. The van der Waals surface area contributed by atoms with E-state index in [4.69, 9.17) is 0 Å². The van der Waals surface area contributed by atoms with Crippen molar-refractivity contribution in [2.45, 2.75) is 32.7 Å². The van der Waals surface area contributed by atoms with Crippen molar-refractivity contribution in [1.82, 2.24) is 5.32 Å².